The lowest BCUT2D eigenvalue weighted by atomic mass is 9.93. The van der Waals surface area contributed by atoms with Gasteiger partial charge in [-0.1, -0.05) is 0 Å². The molecule has 0 radical (unpaired) electrons. The molecule has 4 nitrogen and oxygen atoms in total. The van der Waals surface area contributed by atoms with Gasteiger partial charge in [-0.05, 0) is 31.4 Å². The number of carbonyl (C=O) groups is 1. The number of hydrogen-bond donors (Lipinski definition) is 3. The Bertz CT molecular complexity index is 405. The number of phenolic OH excluding ortho intramolecular Hbond substituents is 1. The topological polar surface area (TPSA) is 61.4 Å². The van der Waals surface area contributed by atoms with Crippen molar-refractivity contribution in [2.45, 2.75) is 25.3 Å². The number of hydrogen-bond acceptors (Lipinski definition) is 2. The van der Waals surface area contributed by atoms with E-state index in [1.54, 1.807) is 0 Å². The fourth-order valence-electron chi connectivity index (χ4n) is 1.50. The first-order valence-corrected chi connectivity index (χ1v) is 5.21. The maximum Gasteiger partial charge on any atom is 0.319 e. The molecule has 2 rings (SSSR count). The summed E-state index contributed by atoms with van der Waals surface area (Å²) in [6.45, 7) is 0. The third kappa shape index (κ3) is 2.42. The Morgan fingerprint density at radius 3 is 2.75 bits per heavy atom. The van der Waals surface area contributed by atoms with Crippen molar-refractivity contribution >= 4 is 11.7 Å². The zero-order chi connectivity index (χ0) is 11.5. The average molecular weight is 224 g/mol. The zero-order valence-corrected chi connectivity index (χ0v) is 8.66. The highest BCUT2D eigenvalue weighted by Gasteiger charge is 2.19. The standard InChI is InChI=1S/C11H13FN2O2/c12-9-6-8(15)4-5-10(9)14-11(16)13-7-2-1-3-7/h4-7,15H,1-3H2,(H2,13,14,16). The van der Waals surface area contributed by atoms with Crippen LogP contribution in [-0.4, -0.2) is 17.2 Å². The van der Waals surface area contributed by atoms with Crippen LogP contribution in [0.3, 0.4) is 0 Å². The molecule has 0 aliphatic heterocycles. The molecule has 0 bridgehead atoms. The lowest BCUT2D eigenvalue weighted by molar-refractivity contribution is 0.240. The molecule has 0 spiro atoms. The SMILES string of the molecule is O=C(Nc1ccc(O)cc1F)NC1CCC1. The molecule has 1 aromatic rings. The molecule has 0 saturated heterocycles. The van der Waals surface area contributed by atoms with E-state index in [0.717, 1.165) is 25.3 Å². The number of amides is 2. The Balaban J connectivity index is 1.94. The summed E-state index contributed by atoms with van der Waals surface area (Å²) in [5, 5.41) is 14.1. The largest absolute Gasteiger partial charge is 0.508 e. The lowest BCUT2D eigenvalue weighted by Crippen LogP contribution is -2.41. The van der Waals surface area contributed by atoms with Gasteiger partial charge in [-0.15, -0.1) is 0 Å². The van der Waals surface area contributed by atoms with Gasteiger partial charge in [0.1, 0.15) is 11.6 Å². The molecule has 1 aromatic carbocycles. The van der Waals surface area contributed by atoms with E-state index in [1.807, 2.05) is 0 Å². The minimum atomic E-state index is -0.649. The third-order valence-corrected chi connectivity index (χ3v) is 2.64. The molecule has 1 saturated carbocycles. The second-order valence-electron chi connectivity index (χ2n) is 3.89. The fraction of sp³-hybridized carbons (Fsp3) is 0.364. The maximum atomic E-state index is 13.2. The molecule has 3 N–H and O–H groups in total. The molecule has 0 heterocycles. The van der Waals surface area contributed by atoms with Gasteiger partial charge in [0, 0.05) is 12.1 Å². The van der Waals surface area contributed by atoms with Crippen molar-refractivity contribution in [1.82, 2.24) is 5.32 Å². The molecule has 2 amide bonds. The van der Waals surface area contributed by atoms with Crippen molar-refractivity contribution in [2.24, 2.45) is 0 Å². The van der Waals surface area contributed by atoms with Crippen molar-refractivity contribution < 1.29 is 14.3 Å². The number of anilines is 1. The number of phenols is 1. The molecular weight excluding hydrogens is 211 g/mol. The monoisotopic (exact) mass is 224 g/mol. The second kappa shape index (κ2) is 4.38. The van der Waals surface area contributed by atoms with E-state index in [0.29, 0.717) is 0 Å². The van der Waals surface area contributed by atoms with Crippen LogP contribution in [0.5, 0.6) is 5.75 Å². The average Bonchev–Trinajstić information content (AvgIpc) is 2.16. The molecule has 0 aromatic heterocycles. The minimum absolute atomic E-state index is 0.0645. The summed E-state index contributed by atoms with van der Waals surface area (Å²) in [6.07, 6.45) is 3.08. The first-order valence-electron chi connectivity index (χ1n) is 5.21. The predicted octanol–water partition coefficient (Wildman–Crippen LogP) is 2.21. The highest BCUT2D eigenvalue weighted by Crippen LogP contribution is 2.20. The fourth-order valence-corrected chi connectivity index (χ4v) is 1.50. The van der Waals surface area contributed by atoms with E-state index >= 15 is 0 Å². The summed E-state index contributed by atoms with van der Waals surface area (Å²) in [6, 6.07) is 3.40. The van der Waals surface area contributed by atoms with E-state index in [4.69, 9.17) is 5.11 Å². The van der Waals surface area contributed by atoms with Crippen molar-refractivity contribution in [3.05, 3.63) is 24.0 Å². The summed E-state index contributed by atoms with van der Waals surface area (Å²) in [7, 11) is 0. The summed E-state index contributed by atoms with van der Waals surface area (Å²) in [4.78, 5) is 11.4. The van der Waals surface area contributed by atoms with Crippen molar-refractivity contribution in [3.8, 4) is 5.75 Å². The summed E-state index contributed by atoms with van der Waals surface area (Å²) in [5.74, 6) is -0.814. The summed E-state index contributed by atoms with van der Waals surface area (Å²) >= 11 is 0. The molecular formula is C11H13FN2O2. The van der Waals surface area contributed by atoms with E-state index in [1.165, 1.54) is 12.1 Å². The van der Waals surface area contributed by atoms with Gasteiger partial charge in [0.2, 0.25) is 0 Å². The van der Waals surface area contributed by atoms with Crippen LogP contribution >= 0.6 is 0 Å². The van der Waals surface area contributed by atoms with E-state index < -0.39 is 11.8 Å². The number of carbonyl (C=O) groups excluding carboxylic acids is 1. The third-order valence-electron chi connectivity index (χ3n) is 2.64. The van der Waals surface area contributed by atoms with Gasteiger partial charge in [-0.2, -0.15) is 0 Å². The van der Waals surface area contributed by atoms with Crippen LogP contribution in [0.25, 0.3) is 0 Å². The van der Waals surface area contributed by atoms with Gasteiger partial charge in [-0.25, -0.2) is 9.18 Å². The molecule has 1 aliphatic rings. The zero-order valence-electron chi connectivity index (χ0n) is 8.66. The molecule has 16 heavy (non-hydrogen) atoms. The molecule has 0 atom stereocenters. The summed E-state index contributed by atoms with van der Waals surface area (Å²) in [5.41, 5.74) is 0.0645. The number of rotatable bonds is 2. The Hall–Kier alpha value is -1.78. The summed E-state index contributed by atoms with van der Waals surface area (Å²) < 4.78 is 13.2. The number of urea groups is 1. The highest BCUT2D eigenvalue weighted by molar-refractivity contribution is 5.89. The Morgan fingerprint density at radius 2 is 2.19 bits per heavy atom. The Morgan fingerprint density at radius 1 is 1.44 bits per heavy atom. The molecule has 0 unspecified atom stereocenters. The van der Waals surface area contributed by atoms with Crippen molar-refractivity contribution in [2.75, 3.05) is 5.32 Å². The van der Waals surface area contributed by atoms with Crippen LogP contribution in [0.15, 0.2) is 18.2 Å². The van der Waals surface area contributed by atoms with Gasteiger partial charge in [-0.3, -0.25) is 0 Å². The van der Waals surface area contributed by atoms with Gasteiger partial charge < -0.3 is 15.7 Å². The van der Waals surface area contributed by atoms with Gasteiger partial charge in [0.25, 0.3) is 0 Å². The van der Waals surface area contributed by atoms with E-state index in [2.05, 4.69) is 10.6 Å². The van der Waals surface area contributed by atoms with Crippen LogP contribution in [0.1, 0.15) is 19.3 Å². The Kier molecular flexibility index (Phi) is 2.94. The molecule has 1 fully saturated rings. The predicted molar refractivity (Wildman–Crippen MR) is 57.9 cm³/mol. The van der Waals surface area contributed by atoms with E-state index in [9.17, 15) is 9.18 Å². The number of halogens is 1. The smallest absolute Gasteiger partial charge is 0.319 e. The first-order chi connectivity index (χ1) is 7.65. The van der Waals surface area contributed by atoms with Crippen molar-refractivity contribution in [3.63, 3.8) is 0 Å². The van der Waals surface area contributed by atoms with Crippen molar-refractivity contribution in [1.29, 1.82) is 0 Å². The lowest BCUT2D eigenvalue weighted by Gasteiger charge is -2.26. The minimum Gasteiger partial charge on any atom is -0.508 e. The van der Waals surface area contributed by atoms with Crippen LogP contribution < -0.4 is 10.6 Å². The molecule has 86 valence electrons. The van der Waals surface area contributed by atoms with Gasteiger partial charge in [0.05, 0.1) is 5.69 Å². The van der Waals surface area contributed by atoms with Crippen LogP contribution in [0.2, 0.25) is 0 Å². The van der Waals surface area contributed by atoms with Gasteiger partial charge >= 0.3 is 6.03 Å². The van der Waals surface area contributed by atoms with Gasteiger partial charge in [0.15, 0.2) is 0 Å². The van der Waals surface area contributed by atoms with Crippen LogP contribution in [0, 0.1) is 5.82 Å². The second-order valence-corrected chi connectivity index (χ2v) is 3.89. The number of nitrogens with one attached hydrogen (secondary N) is 2. The quantitative estimate of drug-likeness (QED) is 0.674. The van der Waals surface area contributed by atoms with Crippen LogP contribution in [-0.2, 0) is 0 Å². The Labute approximate surface area is 92.5 Å². The number of aromatic hydroxyl groups is 1. The van der Waals surface area contributed by atoms with E-state index in [-0.39, 0.29) is 17.5 Å². The van der Waals surface area contributed by atoms with Crippen LogP contribution in [0.4, 0.5) is 14.9 Å². The molecule has 5 heteroatoms. The first kappa shape index (κ1) is 10.7. The maximum absolute atomic E-state index is 13.2. The normalized spacial score (nSPS) is 15.3. The highest BCUT2D eigenvalue weighted by atomic mass is 19.1. The number of benzene rings is 1. The molecule has 1 aliphatic carbocycles.